The lowest BCUT2D eigenvalue weighted by Gasteiger charge is -2.32. The molecular formula is C21H42NO5S-. The van der Waals surface area contributed by atoms with E-state index >= 15 is 0 Å². The van der Waals surface area contributed by atoms with E-state index in [1.807, 2.05) is 26.8 Å². The minimum atomic E-state index is -2.20. The molecular weight excluding hydrogens is 378 g/mol. The summed E-state index contributed by atoms with van der Waals surface area (Å²) in [6.45, 7) is 7.69. The number of hydrogen-bond donors (Lipinski definition) is 1. The average Bonchev–Trinajstić information content (AvgIpc) is 2.65. The van der Waals surface area contributed by atoms with E-state index in [0.29, 0.717) is 19.8 Å². The molecule has 0 aromatic rings. The second kappa shape index (κ2) is 19.8. The number of nitrogens with one attached hydrogen (secondary N) is 1. The molecule has 0 aliphatic rings. The van der Waals surface area contributed by atoms with Crippen molar-refractivity contribution in [3.8, 4) is 0 Å². The zero-order chi connectivity index (χ0) is 20.9. The lowest BCUT2D eigenvalue weighted by Crippen LogP contribution is -2.39. The minimum absolute atomic E-state index is 0.591. The maximum atomic E-state index is 10.3. The van der Waals surface area contributed by atoms with Crippen LogP contribution in [0.25, 0.3) is 0 Å². The zero-order valence-electron chi connectivity index (χ0n) is 18.2. The Bertz CT molecular complexity index is 376. The molecule has 0 aromatic carbocycles. The summed E-state index contributed by atoms with van der Waals surface area (Å²) in [6.07, 6.45) is 17.3. The van der Waals surface area contributed by atoms with Gasteiger partial charge in [0.05, 0.1) is 0 Å². The van der Waals surface area contributed by atoms with Crippen LogP contribution in [-0.2, 0) is 25.5 Å². The van der Waals surface area contributed by atoms with Crippen LogP contribution in [0.2, 0.25) is 0 Å². The smallest absolute Gasteiger partial charge is 0.282 e. The summed E-state index contributed by atoms with van der Waals surface area (Å²) in [7, 11) is 0. The molecule has 0 rings (SSSR count). The quantitative estimate of drug-likeness (QED) is 0.154. The molecule has 0 saturated heterocycles. The Morgan fingerprint density at radius 3 is 1.64 bits per heavy atom. The van der Waals surface area contributed by atoms with Gasteiger partial charge in [0.15, 0.2) is 0 Å². The molecule has 0 amide bonds. The molecule has 0 radical (unpaired) electrons. The summed E-state index contributed by atoms with van der Waals surface area (Å²) in [5, 5.41) is 0. The van der Waals surface area contributed by atoms with Gasteiger partial charge in [-0.1, -0.05) is 57.4 Å². The number of ether oxygens (including phenoxy) is 3. The highest BCUT2D eigenvalue weighted by molar-refractivity contribution is 7.77. The topological polar surface area (TPSA) is 79.9 Å². The molecule has 0 aromatic heterocycles. The van der Waals surface area contributed by atoms with Crippen molar-refractivity contribution in [3.05, 3.63) is 12.3 Å². The Morgan fingerprint density at radius 2 is 1.21 bits per heavy atom. The van der Waals surface area contributed by atoms with Crippen molar-refractivity contribution < 1.29 is 23.0 Å². The molecule has 1 N–H and O–H groups in total. The Balaban J connectivity index is 3.55. The van der Waals surface area contributed by atoms with Crippen molar-refractivity contribution in [2.24, 2.45) is 0 Å². The van der Waals surface area contributed by atoms with Crippen LogP contribution >= 0.6 is 0 Å². The van der Waals surface area contributed by atoms with E-state index in [9.17, 15) is 8.76 Å². The molecule has 0 spiro atoms. The number of hydrogen-bond acceptors (Lipinski definition) is 5. The standard InChI is InChI=1S/C21H43NO5S/c1-4-25-21(26-5-2,27-6-3)19-17-15-13-11-9-7-8-10-12-14-16-18-20-22-28(23)24/h18,20,22H,4-17,19H2,1-3H3,(H,23,24)/p-1. The van der Waals surface area contributed by atoms with Gasteiger partial charge < -0.3 is 23.5 Å². The maximum Gasteiger partial charge on any atom is 0.282 e. The van der Waals surface area contributed by atoms with Gasteiger partial charge in [-0.3, -0.25) is 4.21 Å². The SMILES string of the molecule is CCOC(CCCCCCCCCCCCC=CNS(=O)[O-])(OCC)OCC. The Labute approximate surface area is 175 Å². The summed E-state index contributed by atoms with van der Waals surface area (Å²) >= 11 is -2.20. The van der Waals surface area contributed by atoms with Gasteiger partial charge in [0.2, 0.25) is 0 Å². The molecule has 6 nitrogen and oxygen atoms in total. The molecule has 0 bridgehead atoms. The predicted molar refractivity (Wildman–Crippen MR) is 114 cm³/mol. The van der Waals surface area contributed by atoms with Crippen molar-refractivity contribution in [3.63, 3.8) is 0 Å². The van der Waals surface area contributed by atoms with Crippen LogP contribution in [-0.4, -0.2) is 34.6 Å². The monoisotopic (exact) mass is 420 g/mol. The summed E-state index contributed by atoms with van der Waals surface area (Å²) in [4.78, 5) is 0. The Kier molecular flexibility index (Phi) is 19.5. The van der Waals surface area contributed by atoms with E-state index in [-0.39, 0.29) is 0 Å². The third-order valence-electron chi connectivity index (χ3n) is 4.48. The van der Waals surface area contributed by atoms with Crippen molar-refractivity contribution in [1.29, 1.82) is 0 Å². The number of allylic oxidation sites excluding steroid dienone is 1. The van der Waals surface area contributed by atoms with E-state index in [0.717, 1.165) is 25.7 Å². The van der Waals surface area contributed by atoms with Crippen LogP contribution in [0.4, 0.5) is 0 Å². The van der Waals surface area contributed by atoms with E-state index in [1.165, 1.54) is 57.6 Å². The van der Waals surface area contributed by atoms with Crippen LogP contribution in [0.1, 0.15) is 97.8 Å². The lowest BCUT2D eigenvalue weighted by molar-refractivity contribution is -0.380. The van der Waals surface area contributed by atoms with Gasteiger partial charge in [-0.25, -0.2) is 0 Å². The first-order chi connectivity index (χ1) is 13.6. The lowest BCUT2D eigenvalue weighted by atomic mass is 10.0. The van der Waals surface area contributed by atoms with Gasteiger partial charge in [-0.2, -0.15) is 0 Å². The van der Waals surface area contributed by atoms with Gasteiger partial charge in [-0.05, 0) is 40.0 Å². The molecule has 168 valence electrons. The van der Waals surface area contributed by atoms with Crippen molar-refractivity contribution >= 4 is 11.3 Å². The molecule has 1 unspecified atom stereocenters. The summed E-state index contributed by atoms with van der Waals surface area (Å²) in [5.41, 5.74) is 0. The molecule has 1 atom stereocenters. The second-order valence-electron chi connectivity index (χ2n) is 6.81. The molecule has 7 heteroatoms. The second-order valence-corrected chi connectivity index (χ2v) is 7.52. The molecule has 0 saturated carbocycles. The fourth-order valence-electron chi connectivity index (χ4n) is 3.21. The van der Waals surface area contributed by atoms with Crippen molar-refractivity contribution in [2.75, 3.05) is 19.8 Å². The molecule has 0 aliphatic carbocycles. The van der Waals surface area contributed by atoms with Crippen LogP contribution < -0.4 is 4.72 Å². The first-order valence-electron chi connectivity index (χ1n) is 11.0. The third kappa shape index (κ3) is 16.5. The van der Waals surface area contributed by atoms with Crippen molar-refractivity contribution in [1.82, 2.24) is 4.72 Å². The number of unbranched alkanes of at least 4 members (excludes halogenated alkanes) is 10. The van der Waals surface area contributed by atoms with E-state index < -0.39 is 17.2 Å². The third-order valence-corrected chi connectivity index (χ3v) is 4.81. The van der Waals surface area contributed by atoms with Crippen LogP contribution in [0, 0.1) is 0 Å². The van der Waals surface area contributed by atoms with Gasteiger partial charge in [0.25, 0.3) is 5.97 Å². The Morgan fingerprint density at radius 1 is 0.786 bits per heavy atom. The highest BCUT2D eigenvalue weighted by atomic mass is 32.2. The normalized spacial score (nSPS) is 13.3. The van der Waals surface area contributed by atoms with E-state index in [2.05, 4.69) is 4.72 Å². The van der Waals surface area contributed by atoms with Crippen LogP contribution in [0.15, 0.2) is 12.3 Å². The fraction of sp³-hybridized carbons (Fsp3) is 0.905. The molecule has 0 heterocycles. The van der Waals surface area contributed by atoms with Gasteiger partial charge in [-0.15, -0.1) is 0 Å². The van der Waals surface area contributed by atoms with E-state index in [1.54, 1.807) is 0 Å². The highest BCUT2D eigenvalue weighted by Gasteiger charge is 2.31. The molecule has 0 aliphatic heterocycles. The van der Waals surface area contributed by atoms with Gasteiger partial charge >= 0.3 is 0 Å². The first-order valence-corrected chi connectivity index (χ1v) is 12.1. The minimum Gasteiger partial charge on any atom is -0.755 e. The van der Waals surface area contributed by atoms with Gasteiger partial charge in [0.1, 0.15) is 0 Å². The number of rotatable bonds is 21. The molecule has 0 fully saturated rings. The van der Waals surface area contributed by atoms with Gasteiger partial charge in [0, 0.05) is 43.7 Å². The van der Waals surface area contributed by atoms with Crippen molar-refractivity contribution in [2.45, 2.75) is 104 Å². The predicted octanol–water partition coefficient (Wildman–Crippen LogP) is 5.33. The van der Waals surface area contributed by atoms with Crippen LogP contribution in [0.3, 0.4) is 0 Å². The Hall–Kier alpha value is -0.470. The van der Waals surface area contributed by atoms with E-state index in [4.69, 9.17) is 14.2 Å². The average molecular weight is 421 g/mol. The van der Waals surface area contributed by atoms with Crippen LogP contribution in [0.5, 0.6) is 0 Å². The summed E-state index contributed by atoms with van der Waals surface area (Å²) in [5.74, 6) is -0.852. The maximum absolute atomic E-state index is 10.3. The fourth-order valence-corrected chi connectivity index (χ4v) is 3.41. The summed E-state index contributed by atoms with van der Waals surface area (Å²) < 4.78 is 40.0. The highest BCUT2D eigenvalue weighted by Crippen LogP contribution is 2.24. The molecule has 28 heavy (non-hydrogen) atoms. The largest absolute Gasteiger partial charge is 0.755 e. The summed E-state index contributed by atoms with van der Waals surface area (Å²) in [6, 6.07) is 0. The first kappa shape index (κ1) is 27.5. The zero-order valence-corrected chi connectivity index (χ0v) is 19.0.